The molecule has 4 nitrogen and oxygen atoms in total. The zero-order chi connectivity index (χ0) is 15.5. The molecular formula is C18H19NO3. The Hall–Kier alpha value is -2.10. The topological polar surface area (TPSA) is 66.4 Å². The molecule has 1 spiro atoms. The van der Waals surface area contributed by atoms with E-state index in [1.807, 2.05) is 37.3 Å². The lowest BCUT2D eigenvalue weighted by atomic mass is 9.82. The fourth-order valence-corrected chi connectivity index (χ4v) is 4.62. The number of benzene rings is 1. The van der Waals surface area contributed by atoms with Gasteiger partial charge in [0.25, 0.3) is 0 Å². The highest BCUT2D eigenvalue weighted by atomic mass is 16.4. The second-order valence-electron chi connectivity index (χ2n) is 6.86. The Labute approximate surface area is 129 Å². The Morgan fingerprint density at radius 2 is 1.77 bits per heavy atom. The fraction of sp³-hybridized carbons (Fsp3) is 0.444. The Balaban J connectivity index is 1.64. The quantitative estimate of drug-likeness (QED) is 0.843. The smallest absolute Gasteiger partial charge is 0.307 e. The third-order valence-corrected chi connectivity index (χ3v) is 5.83. The van der Waals surface area contributed by atoms with Crippen LogP contribution >= 0.6 is 0 Å². The minimum absolute atomic E-state index is 0.0302. The maximum absolute atomic E-state index is 12.8. The van der Waals surface area contributed by atoms with Crippen molar-refractivity contribution in [3.05, 3.63) is 42.0 Å². The Morgan fingerprint density at radius 1 is 1.14 bits per heavy atom. The molecule has 114 valence electrons. The first kappa shape index (κ1) is 13.6. The summed E-state index contributed by atoms with van der Waals surface area (Å²) in [7, 11) is 0. The van der Waals surface area contributed by atoms with Gasteiger partial charge in [0.15, 0.2) is 0 Å². The highest BCUT2D eigenvalue weighted by Gasteiger charge is 2.70. The van der Waals surface area contributed by atoms with Gasteiger partial charge in [0.1, 0.15) is 0 Å². The van der Waals surface area contributed by atoms with Crippen molar-refractivity contribution >= 4 is 17.6 Å². The molecule has 4 heteroatoms. The lowest BCUT2D eigenvalue weighted by Crippen LogP contribution is -2.36. The number of carbonyl (C=O) groups is 2. The van der Waals surface area contributed by atoms with Gasteiger partial charge < -0.3 is 10.4 Å². The number of aryl methyl sites for hydroxylation is 1. The number of carbonyl (C=O) groups excluding carboxylic acids is 1. The maximum Gasteiger partial charge on any atom is 0.307 e. The number of hydrogen-bond donors (Lipinski definition) is 2. The van der Waals surface area contributed by atoms with Crippen molar-refractivity contribution in [2.24, 2.45) is 29.1 Å². The highest BCUT2D eigenvalue weighted by Crippen LogP contribution is 2.72. The zero-order valence-corrected chi connectivity index (χ0v) is 12.5. The number of para-hydroxylation sites is 1. The summed E-state index contributed by atoms with van der Waals surface area (Å²) in [6.45, 7) is 1.94. The van der Waals surface area contributed by atoms with Crippen LogP contribution in [0.2, 0.25) is 0 Å². The van der Waals surface area contributed by atoms with E-state index in [4.69, 9.17) is 0 Å². The average Bonchev–Trinajstić information content (AvgIpc) is 3.15. The predicted octanol–water partition coefficient (Wildman–Crippen LogP) is 2.85. The van der Waals surface area contributed by atoms with Gasteiger partial charge in [-0.3, -0.25) is 9.59 Å². The molecular weight excluding hydrogens is 278 g/mol. The molecule has 4 rings (SSSR count). The molecule has 0 saturated heterocycles. The molecule has 3 aliphatic carbocycles. The van der Waals surface area contributed by atoms with Gasteiger partial charge in [-0.25, -0.2) is 0 Å². The van der Waals surface area contributed by atoms with Crippen molar-refractivity contribution in [3.63, 3.8) is 0 Å². The number of nitrogens with one attached hydrogen (secondary N) is 1. The molecule has 0 aliphatic heterocycles. The largest absolute Gasteiger partial charge is 0.481 e. The molecule has 4 atom stereocenters. The van der Waals surface area contributed by atoms with Gasteiger partial charge in [-0.15, -0.1) is 0 Å². The van der Waals surface area contributed by atoms with Crippen LogP contribution in [0.4, 0.5) is 5.69 Å². The van der Waals surface area contributed by atoms with Crippen molar-refractivity contribution in [2.75, 3.05) is 5.32 Å². The van der Waals surface area contributed by atoms with Crippen LogP contribution < -0.4 is 5.32 Å². The predicted molar refractivity (Wildman–Crippen MR) is 82.2 cm³/mol. The third-order valence-electron chi connectivity index (χ3n) is 5.83. The third kappa shape index (κ3) is 1.70. The first-order valence-corrected chi connectivity index (χ1v) is 7.82. The molecule has 2 N–H and O–H groups in total. The summed E-state index contributed by atoms with van der Waals surface area (Å²) in [5, 5.41) is 12.6. The van der Waals surface area contributed by atoms with Crippen molar-refractivity contribution in [1.82, 2.24) is 0 Å². The number of carboxylic acids is 1. The van der Waals surface area contributed by atoms with E-state index >= 15 is 0 Å². The number of aliphatic carboxylic acids is 1. The van der Waals surface area contributed by atoms with Gasteiger partial charge in [-0.1, -0.05) is 30.4 Å². The Morgan fingerprint density at radius 3 is 2.36 bits per heavy atom. The van der Waals surface area contributed by atoms with Gasteiger partial charge in [0, 0.05) is 5.69 Å². The molecule has 0 aromatic heterocycles. The second kappa shape index (κ2) is 4.45. The molecule has 2 fully saturated rings. The van der Waals surface area contributed by atoms with E-state index in [1.165, 1.54) is 0 Å². The summed E-state index contributed by atoms with van der Waals surface area (Å²) in [6.07, 6.45) is 6.22. The standard InChI is InChI=1S/C18H19NO3/c1-10-4-2-3-5-13(10)19-16(20)14-11-6-7-12(15(14)17(21)22)18(11)8-9-18/h2-7,11-12,14-15H,8-9H2,1H3,(H,19,20)(H,21,22)/t11-,12-,14+,15+/m1/s1. The summed E-state index contributed by atoms with van der Waals surface area (Å²) in [4.78, 5) is 24.5. The van der Waals surface area contributed by atoms with E-state index in [0.29, 0.717) is 0 Å². The SMILES string of the molecule is Cc1ccccc1NC(=O)[C@@H]1[C@@H](C(=O)O)[C@H]2C=C[C@H]1C21CC1. The van der Waals surface area contributed by atoms with Crippen LogP contribution in [-0.2, 0) is 9.59 Å². The van der Waals surface area contributed by atoms with E-state index in [9.17, 15) is 14.7 Å². The first-order chi connectivity index (χ1) is 10.5. The van der Waals surface area contributed by atoms with Crippen LogP contribution in [0, 0.1) is 36.0 Å². The fourth-order valence-electron chi connectivity index (χ4n) is 4.62. The number of hydrogen-bond acceptors (Lipinski definition) is 2. The summed E-state index contributed by atoms with van der Waals surface area (Å²) in [6, 6.07) is 7.59. The minimum Gasteiger partial charge on any atom is -0.481 e. The van der Waals surface area contributed by atoms with Crippen LogP contribution in [0.5, 0.6) is 0 Å². The van der Waals surface area contributed by atoms with E-state index in [0.717, 1.165) is 24.1 Å². The molecule has 0 unspecified atom stereocenters. The number of rotatable bonds is 3. The molecule has 3 aliphatic rings. The molecule has 2 bridgehead atoms. The number of allylic oxidation sites excluding steroid dienone is 2. The molecule has 1 aromatic carbocycles. The average molecular weight is 297 g/mol. The summed E-state index contributed by atoms with van der Waals surface area (Å²) < 4.78 is 0. The van der Waals surface area contributed by atoms with Crippen molar-refractivity contribution in [1.29, 1.82) is 0 Å². The van der Waals surface area contributed by atoms with E-state index in [-0.39, 0.29) is 23.2 Å². The summed E-state index contributed by atoms with van der Waals surface area (Å²) >= 11 is 0. The monoisotopic (exact) mass is 297 g/mol. The van der Waals surface area contributed by atoms with E-state index in [2.05, 4.69) is 11.4 Å². The lowest BCUT2D eigenvalue weighted by molar-refractivity contribution is -0.146. The van der Waals surface area contributed by atoms with Crippen molar-refractivity contribution in [3.8, 4) is 0 Å². The maximum atomic E-state index is 12.8. The van der Waals surface area contributed by atoms with Crippen LogP contribution in [0.1, 0.15) is 18.4 Å². The zero-order valence-electron chi connectivity index (χ0n) is 12.5. The van der Waals surface area contributed by atoms with Crippen LogP contribution in [-0.4, -0.2) is 17.0 Å². The highest BCUT2D eigenvalue weighted by molar-refractivity contribution is 5.97. The van der Waals surface area contributed by atoms with Gasteiger partial charge in [-0.2, -0.15) is 0 Å². The Kier molecular flexibility index (Phi) is 2.74. The van der Waals surface area contributed by atoms with Gasteiger partial charge >= 0.3 is 5.97 Å². The van der Waals surface area contributed by atoms with Crippen LogP contribution in [0.25, 0.3) is 0 Å². The van der Waals surface area contributed by atoms with Crippen LogP contribution in [0.3, 0.4) is 0 Å². The number of carboxylic acid groups (broad SMARTS) is 1. The summed E-state index contributed by atoms with van der Waals surface area (Å²) in [5.74, 6) is -1.90. The first-order valence-electron chi connectivity index (χ1n) is 7.82. The normalized spacial score (nSPS) is 33.1. The lowest BCUT2D eigenvalue weighted by Gasteiger charge is -2.24. The minimum atomic E-state index is -0.840. The number of anilines is 1. The van der Waals surface area contributed by atoms with Crippen LogP contribution in [0.15, 0.2) is 36.4 Å². The van der Waals surface area contributed by atoms with Gasteiger partial charge in [-0.05, 0) is 48.6 Å². The van der Waals surface area contributed by atoms with Crippen molar-refractivity contribution < 1.29 is 14.7 Å². The summed E-state index contributed by atoms with van der Waals surface area (Å²) in [5.41, 5.74) is 1.83. The molecule has 1 aromatic rings. The molecule has 0 radical (unpaired) electrons. The van der Waals surface area contributed by atoms with Gasteiger partial charge in [0.2, 0.25) is 5.91 Å². The van der Waals surface area contributed by atoms with E-state index < -0.39 is 17.8 Å². The van der Waals surface area contributed by atoms with Crippen molar-refractivity contribution in [2.45, 2.75) is 19.8 Å². The second-order valence-corrected chi connectivity index (χ2v) is 6.86. The number of amides is 1. The van der Waals surface area contributed by atoms with Gasteiger partial charge in [0.05, 0.1) is 11.8 Å². The molecule has 1 amide bonds. The molecule has 2 saturated carbocycles. The Bertz CT molecular complexity index is 689. The molecule has 0 heterocycles. The molecule has 22 heavy (non-hydrogen) atoms. The van der Waals surface area contributed by atoms with E-state index in [1.54, 1.807) is 0 Å².